The lowest BCUT2D eigenvalue weighted by molar-refractivity contribution is 0.197. The van der Waals surface area contributed by atoms with Gasteiger partial charge < -0.3 is 15.0 Å². The highest BCUT2D eigenvalue weighted by molar-refractivity contribution is 5.48. The van der Waals surface area contributed by atoms with Crippen LogP contribution in [0.1, 0.15) is 12.0 Å². The molecule has 1 aliphatic heterocycles. The molecule has 1 saturated heterocycles. The van der Waals surface area contributed by atoms with Crippen molar-refractivity contribution in [2.24, 2.45) is 0 Å². The number of nitrogens with zero attached hydrogens (tertiary/aromatic N) is 5. The van der Waals surface area contributed by atoms with Gasteiger partial charge in [0.05, 0.1) is 6.20 Å². The molecule has 2 aromatic rings. The van der Waals surface area contributed by atoms with Crippen molar-refractivity contribution >= 4 is 17.8 Å². The Balaban J connectivity index is 1.44. The quantitative estimate of drug-likeness (QED) is 0.680. The van der Waals surface area contributed by atoms with E-state index in [1.54, 1.807) is 13.3 Å². The van der Waals surface area contributed by atoms with E-state index >= 15 is 0 Å². The van der Waals surface area contributed by atoms with Gasteiger partial charge in [-0.1, -0.05) is 42.5 Å². The number of ether oxygens (including phenoxy) is 1. The zero-order valence-corrected chi connectivity index (χ0v) is 15.9. The second kappa shape index (κ2) is 10.6. The van der Waals surface area contributed by atoms with E-state index in [-0.39, 0.29) is 0 Å². The number of benzene rings is 1. The van der Waals surface area contributed by atoms with E-state index < -0.39 is 0 Å². The topological polar surface area (TPSA) is 66.4 Å². The van der Waals surface area contributed by atoms with E-state index in [4.69, 9.17) is 4.74 Å². The summed E-state index contributed by atoms with van der Waals surface area (Å²) in [6.45, 7) is 6.32. The highest BCUT2D eigenvalue weighted by Gasteiger charge is 2.18. The summed E-state index contributed by atoms with van der Waals surface area (Å²) in [5.41, 5.74) is 1.24. The van der Waals surface area contributed by atoms with Crippen molar-refractivity contribution in [1.82, 2.24) is 20.1 Å². The standard InChI is InChI=1S/C20H28N6O/c1-27-16-6-10-21-19-17-22-24-20(23-19)26-14-12-25(13-15-26)11-5-9-18-7-3-2-4-8-18/h2-5,7-9,17H,6,10-16H2,1H3,(H,21,23,24)/b9-5+. The summed E-state index contributed by atoms with van der Waals surface area (Å²) >= 11 is 0. The van der Waals surface area contributed by atoms with Gasteiger partial charge >= 0.3 is 0 Å². The Bertz CT molecular complexity index is 701. The molecular weight excluding hydrogens is 340 g/mol. The Morgan fingerprint density at radius 1 is 1.15 bits per heavy atom. The van der Waals surface area contributed by atoms with Crippen molar-refractivity contribution in [3.8, 4) is 0 Å². The smallest absolute Gasteiger partial charge is 0.247 e. The molecule has 1 aliphatic rings. The van der Waals surface area contributed by atoms with Gasteiger partial charge in [0.25, 0.3) is 0 Å². The molecule has 2 heterocycles. The van der Waals surface area contributed by atoms with Gasteiger partial charge in [0, 0.05) is 53.0 Å². The summed E-state index contributed by atoms with van der Waals surface area (Å²) in [6, 6.07) is 10.4. The van der Waals surface area contributed by atoms with Crippen LogP contribution in [0, 0.1) is 0 Å². The Kier molecular flexibility index (Phi) is 7.56. The van der Waals surface area contributed by atoms with E-state index in [1.165, 1.54) is 5.56 Å². The SMILES string of the molecule is COCCCNc1cnnc(N2CCN(C/C=C/c3ccccc3)CC2)n1. The van der Waals surface area contributed by atoms with Crippen molar-refractivity contribution in [2.45, 2.75) is 6.42 Å². The van der Waals surface area contributed by atoms with E-state index in [2.05, 4.69) is 66.7 Å². The molecular formula is C20H28N6O. The Hall–Kier alpha value is -2.51. The van der Waals surface area contributed by atoms with Gasteiger partial charge in [0.2, 0.25) is 5.95 Å². The van der Waals surface area contributed by atoms with Crippen LogP contribution in [0.2, 0.25) is 0 Å². The fraction of sp³-hybridized carbons (Fsp3) is 0.450. The van der Waals surface area contributed by atoms with Gasteiger partial charge in [-0.05, 0) is 12.0 Å². The number of hydrogen-bond acceptors (Lipinski definition) is 7. The number of piperazine rings is 1. The van der Waals surface area contributed by atoms with E-state index in [1.807, 2.05) is 6.07 Å². The molecule has 0 aliphatic carbocycles. The van der Waals surface area contributed by atoms with Crippen LogP contribution >= 0.6 is 0 Å². The summed E-state index contributed by atoms with van der Waals surface area (Å²) in [6.07, 6.45) is 7.01. The first-order valence-electron chi connectivity index (χ1n) is 9.46. The van der Waals surface area contributed by atoms with Gasteiger partial charge in [-0.25, -0.2) is 0 Å². The van der Waals surface area contributed by atoms with E-state index in [0.29, 0.717) is 5.95 Å². The summed E-state index contributed by atoms with van der Waals surface area (Å²) in [5, 5.41) is 11.6. The number of rotatable bonds is 9. The van der Waals surface area contributed by atoms with Gasteiger partial charge in [0.1, 0.15) is 0 Å². The molecule has 1 N–H and O–H groups in total. The molecule has 144 valence electrons. The van der Waals surface area contributed by atoms with E-state index in [0.717, 1.165) is 58.1 Å². The lowest BCUT2D eigenvalue weighted by Gasteiger charge is -2.33. The summed E-state index contributed by atoms with van der Waals surface area (Å²) in [7, 11) is 1.71. The van der Waals surface area contributed by atoms with Crippen LogP contribution in [0.15, 0.2) is 42.6 Å². The van der Waals surface area contributed by atoms with E-state index in [9.17, 15) is 0 Å². The second-order valence-electron chi connectivity index (χ2n) is 6.52. The highest BCUT2D eigenvalue weighted by atomic mass is 16.5. The van der Waals surface area contributed by atoms with Crippen LogP contribution in [-0.4, -0.2) is 73.1 Å². The largest absolute Gasteiger partial charge is 0.385 e. The average Bonchev–Trinajstić information content (AvgIpc) is 2.73. The van der Waals surface area contributed by atoms with Crippen LogP contribution in [0.4, 0.5) is 11.8 Å². The lowest BCUT2D eigenvalue weighted by atomic mass is 10.2. The Labute approximate surface area is 161 Å². The molecule has 0 unspecified atom stereocenters. The number of hydrogen-bond donors (Lipinski definition) is 1. The number of anilines is 2. The third-order valence-electron chi connectivity index (χ3n) is 4.51. The Morgan fingerprint density at radius 2 is 1.96 bits per heavy atom. The normalized spacial score (nSPS) is 15.4. The molecule has 0 bridgehead atoms. The first-order valence-corrected chi connectivity index (χ1v) is 9.46. The zero-order chi connectivity index (χ0) is 18.7. The molecule has 1 fully saturated rings. The van der Waals surface area contributed by atoms with Crippen molar-refractivity contribution < 1.29 is 4.74 Å². The molecule has 0 saturated carbocycles. The van der Waals surface area contributed by atoms with Gasteiger partial charge in [-0.15, -0.1) is 5.10 Å². The van der Waals surface area contributed by atoms with Gasteiger partial charge in [-0.2, -0.15) is 10.1 Å². The maximum Gasteiger partial charge on any atom is 0.247 e. The molecule has 0 atom stereocenters. The van der Waals surface area contributed by atoms with Crippen molar-refractivity contribution in [1.29, 1.82) is 0 Å². The lowest BCUT2D eigenvalue weighted by Crippen LogP contribution is -2.47. The van der Waals surface area contributed by atoms with Crippen LogP contribution in [0.3, 0.4) is 0 Å². The van der Waals surface area contributed by atoms with Crippen molar-refractivity contribution in [3.63, 3.8) is 0 Å². The summed E-state index contributed by atoms with van der Waals surface area (Å²) in [5.74, 6) is 1.47. The summed E-state index contributed by atoms with van der Waals surface area (Å²) < 4.78 is 5.06. The van der Waals surface area contributed by atoms with Crippen LogP contribution < -0.4 is 10.2 Å². The molecule has 0 amide bonds. The predicted molar refractivity (Wildman–Crippen MR) is 109 cm³/mol. The second-order valence-corrected chi connectivity index (χ2v) is 6.52. The van der Waals surface area contributed by atoms with Crippen LogP contribution in [0.5, 0.6) is 0 Å². The van der Waals surface area contributed by atoms with Crippen molar-refractivity contribution in [3.05, 3.63) is 48.2 Å². The molecule has 1 aromatic carbocycles. The average molecular weight is 368 g/mol. The molecule has 3 rings (SSSR count). The third kappa shape index (κ3) is 6.30. The predicted octanol–water partition coefficient (Wildman–Crippen LogP) is 2.16. The molecule has 0 spiro atoms. The highest BCUT2D eigenvalue weighted by Crippen LogP contribution is 2.12. The van der Waals surface area contributed by atoms with Gasteiger partial charge in [-0.3, -0.25) is 4.90 Å². The minimum absolute atomic E-state index is 0.700. The van der Waals surface area contributed by atoms with Crippen LogP contribution in [0.25, 0.3) is 6.08 Å². The number of aromatic nitrogens is 3. The minimum atomic E-state index is 0.700. The maximum absolute atomic E-state index is 5.06. The third-order valence-corrected chi connectivity index (χ3v) is 4.51. The molecule has 27 heavy (non-hydrogen) atoms. The zero-order valence-electron chi connectivity index (χ0n) is 15.9. The Morgan fingerprint density at radius 3 is 2.74 bits per heavy atom. The molecule has 7 nitrogen and oxygen atoms in total. The maximum atomic E-state index is 5.06. The minimum Gasteiger partial charge on any atom is -0.385 e. The monoisotopic (exact) mass is 368 g/mol. The van der Waals surface area contributed by atoms with Crippen LogP contribution in [-0.2, 0) is 4.74 Å². The molecule has 7 heteroatoms. The first-order chi connectivity index (χ1) is 13.3. The fourth-order valence-electron chi connectivity index (χ4n) is 2.98. The fourth-order valence-corrected chi connectivity index (χ4v) is 2.98. The summed E-state index contributed by atoms with van der Waals surface area (Å²) in [4.78, 5) is 9.23. The van der Waals surface area contributed by atoms with Crippen molar-refractivity contribution in [2.75, 3.05) is 63.2 Å². The molecule has 1 aromatic heterocycles. The first kappa shape index (κ1) is 19.3. The number of methoxy groups -OCH3 is 1. The van der Waals surface area contributed by atoms with Gasteiger partial charge in [0.15, 0.2) is 5.82 Å². The number of nitrogens with one attached hydrogen (secondary N) is 1. The molecule has 0 radical (unpaired) electrons.